The molecule has 0 fully saturated rings. The maximum absolute atomic E-state index is 12.6. The van der Waals surface area contributed by atoms with Crippen molar-refractivity contribution >= 4 is 5.95 Å². The van der Waals surface area contributed by atoms with Gasteiger partial charge >= 0.3 is 6.18 Å². The Morgan fingerprint density at radius 1 is 1.18 bits per heavy atom. The fraction of sp³-hybridized carbons (Fsp3) is 0.286. The third-order valence-corrected chi connectivity index (χ3v) is 3.00. The molecule has 0 amide bonds. The maximum atomic E-state index is 12.6. The lowest BCUT2D eigenvalue weighted by Gasteiger charge is -2.26. The molecule has 1 aliphatic heterocycles. The second-order valence-electron chi connectivity index (χ2n) is 4.64. The third kappa shape index (κ3) is 3.21. The second kappa shape index (κ2) is 5.70. The Balaban J connectivity index is 1.62. The average Bonchev–Trinajstić information content (AvgIpc) is 2.52. The van der Waals surface area contributed by atoms with Crippen molar-refractivity contribution in [2.24, 2.45) is 0 Å². The number of anilines is 1. The van der Waals surface area contributed by atoms with Crippen molar-refractivity contribution in [3.8, 4) is 11.5 Å². The van der Waals surface area contributed by atoms with E-state index in [9.17, 15) is 13.2 Å². The van der Waals surface area contributed by atoms with Crippen molar-refractivity contribution < 1.29 is 22.6 Å². The Bertz CT molecular complexity index is 664. The van der Waals surface area contributed by atoms with Crippen molar-refractivity contribution in [1.29, 1.82) is 0 Å². The zero-order valence-electron chi connectivity index (χ0n) is 11.3. The first-order valence-electron chi connectivity index (χ1n) is 6.55. The molecule has 1 N–H and O–H groups in total. The number of alkyl halides is 3. The summed E-state index contributed by atoms with van der Waals surface area (Å²) >= 11 is 0. The van der Waals surface area contributed by atoms with Gasteiger partial charge in [0.15, 0.2) is 11.5 Å². The van der Waals surface area contributed by atoms with Crippen LogP contribution in [0.4, 0.5) is 19.1 Å². The largest absolute Gasteiger partial charge is 0.486 e. The number of benzene rings is 1. The summed E-state index contributed by atoms with van der Waals surface area (Å²) in [4.78, 5) is 7.19. The molecule has 1 aromatic heterocycles. The molecule has 5 nitrogen and oxygen atoms in total. The van der Waals surface area contributed by atoms with Crippen molar-refractivity contribution in [2.75, 3.05) is 18.5 Å². The van der Waals surface area contributed by atoms with Gasteiger partial charge in [-0.3, -0.25) is 0 Å². The Hall–Kier alpha value is -2.51. The fourth-order valence-electron chi connectivity index (χ4n) is 1.97. The number of fused-ring (bicyclic) bond motifs is 1. The molecular weight excluding hydrogens is 299 g/mol. The van der Waals surface area contributed by atoms with Crippen LogP contribution in [0.5, 0.6) is 11.5 Å². The predicted octanol–water partition coefficient (Wildman–Crippen LogP) is 2.75. The minimum atomic E-state index is -4.50. The predicted molar refractivity (Wildman–Crippen MR) is 71.9 cm³/mol. The fourth-order valence-corrected chi connectivity index (χ4v) is 1.97. The summed E-state index contributed by atoms with van der Waals surface area (Å²) in [7, 11) is 0. The summed E-state index contributed by atoms with van der Waals surface area (Å²) in [6.45, 7) is 0.526. The van der Waals surface area contributed by atoms with Crippen LogP contribution in [0.3, 0.4) is 0 Å². The molecule has 1 aliphatic rings. The van der Waals surface area contributed by atoms with Crippen LogP contribution < -0.4 is 14.8 Å². The van der Waals surface area contributed by atoms with Crippen LogP contribution >= 0.6 is 0 Å². The summed E-state index contributed by atoms with van der Waals surface area (Å²) in [5.41, 5.74) is -0.990. The number of para-hydroxylation sites is 2. The molecular formula is C14H12F3N3O2. The molecule has 8 heteroatoms. The number of ether oxygens (including phenoxy) is 2. The lowest BCUT2D eigenvalue weighted by Crippen LogP contribution is -2.35. The highest BCUT2D eigenvalue weighted by molar-refractivity contribution is 5.41. The van der Waals surface area contributed by atoms with Crippen LogP contribution in [0.25, 0.3) is 0 Å². The van der Waals surface area contributed by atoms with Gasteiger partial charge in [-0.05, 0) is 18.2 Å². The molecule has 116 valence electrons. The smallest absolute Gasteiger partial charge is 0.433 e. The number of hydrogen-bond acceptors (Lipinski definition) is 5. The number of halogens is 3. The van der Waals surface area contributed by atoms with E-state index < -0.39 is 11.9 Å². The number of nitrogens with zero attached hydrogens (tertiary/aromatic N) is 2. The molecule has 3 rings (SSSR count). The van der Waals surface area contributed by atoms with Crippen molar-refractivity contribution in [1.82, 2.24) is 9.97 Å². The van der Waals surface area contributed by atoms with E-state index in [0.29, 0.717) is 18.1 Å². The molecule has 0 saturated heterocycles. The minimum Gasteiger partial charge on any atom is -0.486 e. The molecule has 1 atom stereocenters. The standard InChI is InChI=1S/C14H12F3N3O2/c15-14(16,17)12-5-6-18-13(20-12)19-7-9-8-21-10-3-1-2-4-11(10)22-9/h1-6,9H,7-8H2,(H,18,19,20)/t9-/m1/s1. The van der Waals surface area contributed by atoms with Crippen LogP contribution in [-0.4, -0.2) is 29.2 Å². The van der Waals surface area contributed by atoms with Gasteiger partial charge in [-0.15, -0.1) is 0 Å². The SMILES string of the molecule is FC(F)(F)c1ccnc(NC[C@@H]2COc3ccccc3O2)n1. The van der Waals surface area contributed by atoms with Crippen LogP contribution in [0, 0.1) is 0 Å². The third-order valence-electron chi connectivity index (χ3n) is 3.00. The van der Waals surface area contributed by atoms with Crippen molar-refractivity contribution in [3.05, 3.63) is 42.2 Å². The van der Waals surface area contributed by atoms with Crippen molar-refractivity contribution in [3.63, 3.8) is 0 Å². The molecule has 0 saturated carbocycles. The Kier molecular flexibility index (Phi) is 3.74. The summed E-state index contributed by atoms with van der Waals surface area (Å²) in [6.07, 6.45) is -3.78. The van der Waals surface area contributed by atoms with Gasteiger partial charge < -0.3 is 14.8 Å². The molecule has 0 aliphatic carbocycles. The normalized spacial score (nSPS) is 17.1. The molecule has 0 bridgehead atoms. The van der Waals surface area contributed by atoms with E-state index in [-0.39, 0.29) is 18.6 Å². The lowest BCUT2D eigenvalue weighted by atomic mass is 10.2. The zero-order chi connectivity index (χ0) is 15.6. The Labute approximate surface area is 124 Å². The first-order chi connectivity index (χ1) is 10.5. The van der Waals surface area contributed by atoms with Crippen LogP contribution in [-0.2, 0) is 6.18 Å². The minimum absolute atomic E-state index is 0.0997. The monoisotopic (exact) mass is 311 g/mol. The maximum Gasteiger partial charge on any atom is 0.433 e. The lowest BCUT2D eigenvalue weighted by molar-refractivity contribution is -0.141. The van der Waals surface area contributed by atoms with E-state index in [0.717, 1.165) is 12.3 Å². The van der Waals surface area contributed by atoms with Gasteiger partial charge in [-0.25, -0.2) is 9.97 Å². The molecule has 2 aromatic rings. The molecule has 0 spiro atoms. The highest BCUT2D eigenvalue weighted by atomic mass is 19.4. The summed E-state index contributed by atoms with van der Waals surface area (Å²) in [6, 6.07) is 8.02. The van der Waals surface area contributed by atoms with Gasteiger partial charge in [-0.2, -0.15) is 13.2 Å². The van der Waals surface area contributed by atoms with E-state index >= 15 is 0 Å². The van der Waals surface area contributed by atoms with Crippen LogP contribution in [0.15, 0.2) is 36.5 Å². The van der Waals surface area contributed by atoms with Gasteiger partial charge in [0.05, 0.1) is 6.54 Å². The summed E-state index contributed by atoms with van der Waals surface area (Å²) < 4.78 is 48.9. The van der Waals surface area contributed by atoms with E-state index in [4.69, 9.17) is 9.47 Å². The van der Waals surface area contributed by atoms with Crippen LogP contribution in [0.1, 0.15) is 5.69 Å². The molecule has 2 heterocycles. The number of aromatic nitrogens is 2. The van der Waals surface area contributed by atoms with Crippen molar-refractivity contribution in [2.45, 2.75) is 12.3 Å². The highest BCUT2D eigenvalue weighted by Gasteiger charge is 2.32. The second-order valence-corrected chi connectivity index (χ2v) is 4.64. The van der Waals surface area contributed by atoms with E-state index in [1.54, 1.807) is 12.1 Å². The highest BCUT2D eigenvalue weighted by Crippen LogP contribution is 2.31. The van der Waals surface area contributed by atoms with E-state index in [1.165, 1.54) is 0 Å². The van der Waals surface area contributed by atoms with Gasteiger partial charge in [0.1, 0.15) is 18.4 Å². The van der Waals surface area contributed by atoms with Gasteiger partial charge in [0.25, 0.3) is 0 Å². The van der Waals surface area contributed by atoms with Crippen LogP contribution in [0.2, 0.25) is 0 Å². The molecule has 0 unspecified atom stereocenters. The topological polar surface area (TPSA) is 56.3 Å². The summed E-state index contributed by atoms with van der Waals surface area (Å²) in [5.74, 6) is 1.15. The van der Waals surface area contributed by atoms with E-state index in [2.05, 4.69) is 15.3 Å². The van der Waals surface area contributed by atoms with Gasteiger partial charge in [-0.1, -0.05) is 12.1 Å². The van der Waals surface area contributed by atoms with Gasteiger partial charge in [0, 0.05) is 6.20 Å². The average molecular weight is 311 g/mol. The van der Waals surface area contributed by atoms with E-state index in [1.807, 2.05) is 12.1 Å². The first kappa shape index (κ1) is 14.4. The zero-order valence-corrected chi connectivity index (χ0v) is 11.3. The number of rotatable bonds is 3. The summed E-state index contributed by atoms with van der Waals surface area (Å²) in [5, 5.41) is 2.73. The van der Waals surface area contributed by atoms with Gasteiger partial charge in [0.2, 0.25) is 5.95 Å². The molecule has 0 radical (unpaired) electrons. The number of nitrogens with one attached hydrogen (secondary N) is 1. The quantitative estimate of drug-likeness (QED) is 0.944. The first-order valence-corrected chi connectivity index (χ1v) is 6.55. The molecule has 22 heavy (non-hydrogen) atoms. The Morgan fingerprint density at radius 3 is 2.73 bits per heavy atom. The Morgan fingerprint density at radius 2 is 1.95 bits per heavy atom. The molecule has 1 aromatic carbocycles. The number of hydrogen-bond donors (Lipinski definition) is 1.